The first-order valence-corrected chi connectivity index (χ1v) is 11.4. The molecule has 8 nitrogen and oxygen atoms in total. The normalized spacial score (nSPS) is 15.1. The second-order valence-electron chi connectivity index (χ2n) is 7.29. The van der Waals surface area contributed by atoms with Gasteiger partial charge in [0.2, 0.25) is 0 Å². The second kappa shape index (κ2) is 11.3. The Kier molecular flexibility index (Phi) is 7.69. The minimum atomic E-state index is -0.285. The summed E-state index contributed by atoms with van der Waals surface area (Å²) in [4.78, 5) is 29.5. The van der Waals surface area contributed by atoms with Crippen LogP contribution in [0.4, 0.5) is 11.4 Å². The Morgan fingerprint density at radius 2 is 1.77 bits per heavy atom. The van der Waals surface area contributed by atoms with E-state index in [9.17, 15) is 9.59 Å². The lowest BCUT2D eigenvalue weighted by Gasteiger charge is -2.11. The van der Waals surface area contributed by atoms with Crippen LogP contribution < -0.4 is 24.8 Å². The van der Waals surface area contributed by atoms with Gasteiger partial charge in [0.15, 0.2) is 23.3 Å². The Labute approximate surface area is 207 Å². The van der Waals surface area contributed by atoms with Gasteiger partial charge in [0.1, 0.15) is 5.75 Å². The van der Waals surface area contributed by atoms with Crippen molar-refractivity contribution in [2.75, 3.05) is 26.1 Å². The van der Waals surface area contributed by atoms with Crippen LogP contribution in [0.2, 0.25) is 0 Å². The lowest BCUT2D eigenvalue weighted by Crippen LogP contribution is -2.20. The van der Waals surface area contributed by atoms with E-state index in [4.69, 9.17) is 14.2 Å². The highest BCUT2D eigenvalue weighted by atomic mass is 32.2. The van der Waals surface area contributed by atoms with Crippen molar-refractivity contribution < 1.29 is 23.8 Å². The maximum atomic E-state index is 12.4. The molecule has 0 atom stereocenters. The molecule has 4 rings (SSSR count). The number of aliphatic imine (C=N–C) groups is 1. The SMILES string of the molecule is COc1ccc(N=C2NC(=O)/C(=C/c3ccc(OCC(=O)Nc4ccccc4)c(OC)c3)S2)cc1. The summed E-state index contributed by atoms with van der Waals surface area (Å²) in [5, 5.41) is 6.02. The quantitative estimate of drug-likeness (QED) is 0.449. The zero-order valence-corrected chi connectivity index (χ0v) is 19.9. The van der Waals surface area contributed by atoms with E-state index in [2.05, 4.69) is 15.6 Å². The largest absolute Gasteiger partial charge is 0.497 e. The number of carbonyl (C=O) groups is 2. The number of thioether (sulfide) groups is 1. The number of para-hydroxylation sites is 1. The van der Waals surface area contributed by atoms with Crippen molar-refractivity contribution in [2.24, 2.45) is 4.99 Å². The monoisotopic (exact) mass is 489 g/mol. The third-order valence-corrected chi connectivity index (χ3v) is 5.77. The highest BCUT2D eigenvalue weighted by molar-refractivity contribution is 8.18. The topological polar surface area (TPSA) is 98.3 Å². The number of carbonyl (C=O) groups excluding carboxylic acids is 2. The predicted octanol–water partition coefficient (Wildman–Crippen LogP) is 4.61. The van der Waals surface area contributed by atoms with Gasteiger partial charge in [-0.1, -0.05) is 24.3 Å². The molecule has 1 fully saturated rings. The predicted molar refractivity (Wildman–Crippen MR) is 137 cm³/mol. The number of amidine groups is 1. The van der Waals surface area contributed by atoms with Crippen LogP contribution in [0.5, 0.6) is 17.2 Å². The number of methoxy groups -OCH3 is 2. The average molecular weight is 490 g/mol. The molecule has 178 valence electrons. The highest BCUT2D eigenvalue weighted by Crippen LogP contribution is 2.32. The Balaban J connectivity index is 1.41. The number of amides is 2. The molecule has 2 N–H and O–H groups in total. The summed E-state index contributed by atoms with van der Waals surface area (Å²) >= 11 is 1.25. The summed E-state index contributed by atoms with van der Waals surface area (Å²) in [6.45, 7) is -0.171. The molecule has 0 aliphatic carbocycles. The summed E-state index contributed by atoms with van der Waals surface area (Å²) in [6, 6.07) is 21.6. The lowest BCUT2D eigenvalue weighted by molar-refractivity contribution is -0.118. The molecule has 0 unspecified atom stereocenters. The molecule has 3 aromatic carbocycles. The molecule has 0 aromatic heterocycles. The van der Waals surface area contributed by atoms with E-state index in [0.29, 0.717) is 32.9 Å². The number of hydrogen-bond donors (Lipinski definition) is 2. The summed E-state index contributed by atoms with van der Waals surface area (Å²) in [5.74, 6) is 1.08. The average Bonchev–Trinajstić information content (AvgIpc) is 3.22. The van der Waals surface area contributed by atoms with Crippen LogP contribution in [0, 0.1) is 0 Å². The van der Waals surface area contributed by atoms with E-state index < -0.39 is 0 Å². The summed E-state index contributed by atoms with van der Waals surface area (Å²) in [7, 11) is 3.11. The summed E-state index contributed by atoms with van der Waals surface area (Å²) < 4.78 is 16.2. The van der Waals surface area contributed by atoms with E-state index in [1.165, 1.54) is 18.9 Å². The first kappa shape index (κ1) is 23.9. The van der Waals surface area contributed by atoms with Gasteiger partial charge in [0.05, 0.1) is 24.8 Å². The minimum Gasteiger partial charge on any atom is -0.497 e. The number of ether oxygens (including phenoxy) is 3. The molecule has 1 heterocycles. The van der Waals surface area contributed by atoms with Gasteiger partial charge in [-0.05, 0) is 71.9 Å². The Morgan fingerprint density at radius 3 is 2.49 bits per heavy atom. The zero-order chi connectivity index (χ0) is 24.6. The molecule has 1 aliphatic rings. The lowest BCUT2D eigenvalue weighted by atomic mass is 10.2. The molecular weight excluding hydrogens is 466 g/mol. The fourth-order valence-corrected chi connectivity index (χ4v) is 4.00. The Hall–Kier alpha value is -4.24. The van der Waals surface area contributed by atoms with Gasteiger partial charge in [0.25, 0.3) is 11.8 Å². The van der Waals surface area contributed by atoms with Gasteiger partial charge < -0.3 is 24.8 Å². The maximum Gasteiger partial charge on any atom is 0.264 e. The van der Waals surface area contributed by atoms with E-state index in [1.54, 1.807) is 55.7 Å². The Bertz CT molecular complexity index is 1270. The third-order valence-electron chi connectivity index (χ3n) is 4.86. The summed E-state index contributed by atoms with van der Waals surface area (Å²) in [5.41, 5.74) is 2.14. The number of anilines is 1. The molecular formula is C26H23N3O5S. The van der Waals surface area contributed by atoms with Gasteiger partial charge in [-0.3, -0.25) is 9.59 Å². The van der Waals surface area contributed by atoms with Gasteiger partial charge in [-0.15, -0.1) is 0 Å². The number of hydrogen-bond acceptors (Lipinski definition) is 7. The van der Waals surface area contributed by atoms with Crippen molar-refractivity contribution in [1.82, 2.24) is 5.32 Å². The standard InChI is InChI=1S/C26H23N3O5S/c1-32-20-11-9-19(10-12-20)28-26-29-25(31)23(35-26)15-17-8-13-21(22(14-17)33-2)34-16-24(30)27-18-6-4-3-5-7-18/h3-15H,16H2,1-2H3,(H,27,30)(H,28,29,31)/b23-15-. The van der Waals surface area contributed by atoms with Crippen molar-refractivity contribution >= 4 is 46.2 Å². The maximum absolute atomic E-state index is 12.4. The minimum absolute atomic E-state index is 0.171. The second-order valence-corrected chi connectivity index (χ2v) is 8.32. The molecule has 0 spiro atoms. The van der Waals surface area contributed by atoms with Gasteiger partial charge in [-0.2, -0.15) is 0 Å². The van der Waals surface area contributed by atoms with E-state index >= 15 is 0 Å². The van der Waals surface area contributed by atoms with Crippen molar-refractivity contribution in [3.05, 3.63) is 83.3 Å². The van der Waals surface area contributed by atoms with Crippen LogP contribution >= 0.6 is 11.8 Å². The van der Waals surface area contributed by atoms with Gasteiger partial charge in [-0.25, -0.2) is 4.99 Å². The molecule has 0 bridgehead atoms. The first-order valence-electron chi connectivity index (χ1n) is 10.6. The number of nitrogens with one attached hydrogen (secondary N) is 2. The van der Waals surface area contributed by atoms with Crippen LogP contribution in [0.1, 0.15) is 5.56 Å². The molecule has 1 saturated heterocycles. The third kappa shape index (κ3) is 6.42. The molecule has 0 radical (unpaired) electrons. The highest BCUT2D eigenvalue weighted by Gasteiger charge is 2.24. The fourth-order valence-electron chi connectivity index (χ4n) is 3.16. The van der Waals surface area contributed by atoms with E-state index in [-0.39, 0.29) is 18.4 Å². The van der Waals surface area contributed by atoms with Crippen molar-refractivity contribution in [3.63, 3.8) is 0 Å². The molecule has 2 amide bonds. The molecule has 35 heavy (non-hydrogen) atoms. The molecule has 3 aromatic rings. The van der Waals surface area contributed by atoms with Crippen molar-refractivity contribution in [2.45, 2.75) is 0 Å². The van der Waals surface area contributed by atoms with Crippen LogP contribution in [0.15, 0.2) is 82.7 Å². The summed E-state index contributed by atoms with van der Waals surface area (Å²) in [6.07, 6.45) is 1.74. The smallest absolute Gasteiger partial charge is 0.264 e. The molecule has 9 heteroatoms. The van der Waals surface area contributed by atoms with Crippen LogP contribution in [0.3, 0.4) is 0 Å². The fraction of sp³-hybridized carbons (Fsp3) is 0.115. The van der Waals surface area contributed by atoms with Gasteiger partial charge >= 0.3 is 0 Å². The van der Waals surface area contributed by atoms with Crippen molar-refractivity contribution in [1.29, 1.82) is 0 Å². The first-order chi connectivity index (χ1) is 17.0. The molecule has 1 aliphatic heterocycles. The van der Waals surface area contributed by atoms with Crippen molar-refractivity contribution in [3.8, 4) is 17.2 Å². The van der Waals surface area contributed by atoms with E-state index in [0.717, 1.165) is 11.3 Å². The van der Waals surface area contributed by atoms with E-state index in [1.807, 2.05) is 30.3 Å². The number of rotatable bonds is 8. The Morgan fingerprint density at radius 1 is 1.00 bits per heavy atom. The van der Waals surface area contributed by atoms with Crippen LogP contribution in [0.25, 0.3) is 6.08 Å². The molecule has 0 saturated carbocycles. The van der Waals surface area contributed by atoms with Crippen LogP contribution in [-0.4, -0.2) is 37.8 Å². The number of benzene rings is 3. The van der Waals surface area contributed by atoms with Gasteiger partial charge in [0, 0.05) is 5.69 Å². The van der Waals surface area contributed by atoms with Crippen LogP contribution in [-0.2, 0) is 9.59 Å². The number of nitrogens with zero attached hydrogens (tertiary/aromatic N) is 1. The zero-order valence-electron chi connectivity index (χ0n) is 19.1.